The van der Waals surface area contributed by atoms with E-state index < -0.39 is 5.97 Å². The largest absolute Gasteiger partial charge is 0.480 e. The van der Waals surface area contributed by atoms with Crippen molar-refractivity contribution in [1.29, 1.82) is 0 Å². The van der Waals surface area contributed by atoms with E-state index in [0.29, 0.717) is 29.4 Å². The molecule has 1 atom stereocenters. The summed E-state index contributed by atoms with van der Waals surface area (Å²) in [6.45, 7) is 1.90. The molecule has 1 aliphatic rings. The average Bonchev–Trinajstić information content (AvgIpc) is 3.16. The Morgan fingerprint density at radius 2 is 2.27 bits per heavy atom. The van der Waals surface area contributed by atoms with Crippen molar-refractivity contribution in [2.24, 2.45) is 5.92 Å². The van der Waals surface area contributed by atoms with E-state index in [1.165, 1.54) is 23.7 Å². The van der Waals surface area contributed by atoms with Gasteiger partial charge in [-0.2, -0.15) is 23.5 Å². The molecular formula is C15H20N8O2S. The van der Waals surface area contributed by atoms with Crippen LogP contribution in [0.3, 0.4) is 0 Å². The van der Waals surface area contributed by atoms with Crippen LogP contribution < -0.4 is 10.6 Å². The van der Waals surface area contributed by atoms with Crippen molar-refractivity contribution < 1.29 is 9.90 Å². The number of carboxylic acids is 1. The Morgan fingerprint density at radius 1 is 1.46 bits per heavy atom. The van der Waals surface area contributed by atoms with Crippen LogP contribution in [0.25, 0.3) is 11.0 Å². The Kier molecular flexibility index (Phi) is 4.98. The third-order valence-electron chi connectivity index (χ3n) is 4.18. The SMILES string of the molecule is C[C@H](Nc1nc(Nc2cn(CC(=O)O)nn2)nc2[nH]ccc12)C1CC1.S. The van der Waals surface area contributed by atoms with Gasteiger partial charge >= 0.3 is 5.97 Å². The second kappa shape index (κ2) is 7.20. The van der Waals surface area contributed by atoms with Crippen molar-refractivity contribution in [3.05, 3.63) is 18.5 Å². The fourth-order valence-corrected chi connectivity index (χ4v) is 2.72. The molecule has 4 N–H and O–H groups in total. The van der Waals surface area contributed by atoms with Gasteiger partial charge < -0.3 is 20.7 Å². The van der Waals surface area contributed by atoms with Crippen molar-refractivity contribution in [3.8, 4) is 0 Å². The Labute approximate surface area is 155 Å². The number of carboxylic acid groups (broad SMARTS) is 1. The first-order valence-electron chi connectivity index (χ1n) is 8.09. The minimum Gasteiger partial charge on any atom is -0.480 e. The first-order chi connectivity index (χ1) is 12.1. The van der Waals surface area contributed by atoms with Gasteiger partial charge in [-0.3, -0.25) is 4.79 Å². The maximum absolute atomic E-state index is 10.7. The van der Waals surface area contributed by atoms with E-state index in [1.807, 2.05) is 12.3 Å². The second-order valence-corrected chi connectivity index (χ2v) is 6.23. The van der Waals surface area contributed by atoms with Crippen LogP contribution in [0.1, 0.15) is 19.8 Å². The quantitative estimate of drug-likeness (QED) is 0.489. The van der Waals surface area contributed by atoms with Crippen molar-refractivity contribution >= 4 is 48.1 Å². The zero-order chi connectivity index (χ0) is 17.4. The van der Waals surface area contributed by atoms with Gasteiger partial charge in [0.15, 0.2) is 5.82 Å². The number of aromatic nitrogens is 6. The number of nitrogens with zero attached hydrogens (tertiary/aromatic N) is 5. The lowest BCUT2D eigenvalue weighted by Crippen LogP contribution is -2.18. The molecule has 11 heteroatoms. The zero-order valence-electron chi connectivity index (χ0n) is 14.1. The van der Waals surface area contributed by atoms with Crippen molar-refractivity contribution in [3.63, 3.8) is 0 Å². The van der Waals surface area contributed by atoms with Crippen LogP contribution in [0.4, 0.5) is 17.6 Å². The van der Waals surface area contributed by atoms with Crippen molar-refractivity contribution in [2.45, 2.75) is 32.4 Å². The first-order valence-corrected chi connectivity index (χ1v) is 8.09. The number of nitrogens with one attached hydrogen (secondary N) is 3. The normalized spacial score (nSPS) is 14.7. The van der Waals surface area contributed by atoms with E-state index in [1.54, 1.807) is 0 Å². The van der Waals surface area contributed by atoms with Gasteiger partial charge in [-0.1, -0.05) is 5.21 Å². The molecule has 0 spiro atoms. The molecule has 0 amide bonds. The summed E-state index contributed by atoms with van der Waals surface area (Å²) in [6, 6.07) is 2.28. The van der Waals surface area contributed by atoms with Crippen LogP contribution in [0.15, 0.2) is 18.5 Å². The number of aliphatic carboxylic acids is 1. The van der Waals surface area contributed by atoms with E-state index >= 15 is 0 Å². The van der Waals surface area contributed by atoms with Crippen LogP contribution >= 0.6 is 13.5 Å². The lowest BCUT2D eigenvalue weighted by atomic mass is 10.2. The summed E-state index contributed by atoms with van der Waals surface area (Å²) in [6.07, 6.45) is 5.80. The topological polar surface area (TPSA) is 134 Å². The van der Waals surface area contributed by atoms with Crippen LogP contribution in [0.5, 0.6) is 0 Å². The minimum absolute atomic E-state index is 0. The summed E-state index contributed by atoms with van der Waals surface area (Å²) in [5, 5.41) is 23.8. The number of rotatable bonds is 7. The number of hydrogen-bond acceptors (Lipinski definition) is 7. The van der Waals surface area contributed by atoms with Gasteiger partial charge in [0.1, 0.15) is 18.0 Å². The Morgan fingerprint density at radius 3 is 3.00 bits per heavy atom. The highest BCUT2D eigenvalue weighted by Crippen LogP contribution is 2.34. The van der Waals surface area contributed by atoms with E-state index in [9.17, 15) is 4.79 Å². The van der Waals surface area contributed by atoms with Gasteiger partial charge in [0.2, 0.25) is 5.95 Å². The fraction of sp³-hybridized carbons (Fsp3) is 0.400. The summed E-state index contributed by atoms with van der Waals surface area (Å²) in [7, 11) is 0. The lowest BCUT2D eigenvalue weighted by molar-refractivity contribution is -0.137. The summed E-state index contributed by atoms with van der Waals surface area (Å²) in [5.41, 5.74) is 0.709. The van der Waals surface area contributed by atoms with Gasteiger partial charge in [-0.05, 0) is 31.7 Å². The van der Waals surface area contributed by atoms with Crippen LogP contribution in [0.2, 0.25) is 0 Å². The summed E-state index contributed by atoms with van der Waals surface area (Å²) in [5.74, 6) is 1.21. The Balaban J connectivity index is 0.00000196. The van der Waals surface area contributed by atoms with Gasteiger partial charge in [-0.15, -0.1) is 5.10 Å². The van der Waals surface area contributed by atoms with Crippen LogP contribution in [-0.4, -0.2) is 47.1 Å². The number of carbonyl (C=O) groups is 1. The number of H-pyrrole nitrogens is 1. The number of hydrogen-bond donors (Lipinski definition) is 4. The molecule has 3 heterocycles. The first kappa shape index (κ1) is 18.0. The number of anilines is 3. The molecule has 0 radical (unpaired) electrons. The van der Waals surface area contributed by atoms with Crippen molar-refractivity contribution in [2.75, 3.05) is 10.6 Å². The van der Waals surface area contributed by atoms with Crippen LogP contribution in [0, 0.1) is 5.92 Å². The highest BCUT2D eigenvalue weighted by atomic mass is 32.1. The molecule has 3 aromatic rings. The van der Waals surface area contributed by atoms with E-state index in [-0.39, 0.29) is 20.0 Å². The molecule has 0 unspecified atom stereocenters. The maximum Gasteiger partial charge on any atom is 0.325 e. The molecule has 138 valence electrons. The minimum atomic E-state index is -0.985. The number of aromatic amines is 1. The molecule has 26 heavy (non-hydrogen) atoms. The number of fused-ring (bicyclic) bond motifs is 1. The predicted octanol–water partition coefficient (Wildman–Crippen LogP) is 1.70. The fourth-order valence-electron chi connectivity index (χ4n) is 2.72. The standard InChI is InChI=1S/C15H18N8O2.H2S/c1-8(9-2-3-9)17-14-10-4-5-16-13(10)19-15(20-14)18-11-6-23(22-21-11)7-12(24)25;/h4-6,8-9H,2-3,7H2,1H3,(H,24,25)(H3,16,17,18,19,20);1H2/t8-;/m0./s1. The smallest absolute Gasteiger partial charge is 0.325 e. The molecule has 3 aromatic heterocycles. The van der Waals surface area contributed by atoms with Gasteiger partial charge in [-0.25, -0.2) is 4.68 Å². The summed E-state index contributed by atoms with van der Waals surface area (Å²) < 4.78 is 1.23. The Bertz CT molecular complexity index is 919. The highest BCUT2D eigenvalue weighted by molar-refractivity contribution is 7.59. The Hall–Kier alpha value is -2.82. The van der Waals surface area contributed by atoms with E-state index in [4.69, 9.17) is 5.11 Å². The third-order valence-corrected chi connectivity index (χ3v) is 4.18. The summed E-state index contributed by atoms with van der Waals surface area (Å²) >= 11 is 0. The van der Waals surface area contributed by atoms with E-state index in [0.717, 1.165) is 11.2 Å². The average molecular weight is 376 g/mol. The molecule has 0 saturated heterocycles. The molecule has 0 aromatic carbocycles. The zero-order valence-corrected chi connectivity index (χ0v) is 15.1. The molecule has 0 bridgehead atoms. The molecule has 0 aliphatic heterocycles. The molecule has 4 rings (SSSR count). The molecular weight excluding hydrogens is 356 g/mol. The molecule has 1 aliphatic carbocycles. The van der Waals surface area contributed by atoms with Gasteiger partial charge in [0, 0.05) is 12.2 Å². The monoisotopic (exact) mass is 376 g/mol. The lowest BCUT2D eigenvalue weighted by Gasteiger charge is -2.15. The highest BCUT2D eigenvalue weighted by Gasteiger charge is 2.28. The predicted molar refractivity (Wildman–Crippen MR) is 101 cm³/mol. The second-order valence-electron chi connectivity index (χ2n) is 6.23. The molecule has 1 fully saturated rings. The maximum atomic E-state index is 10.7. The van der Waals surface area contributed by atoms with Gasteiger partial charge in [0.25, 0.3) is 0 Å². The molecule has 10 nitrogen and oxygen atoms in total. The van der Waals surface area contributed by atoms with Gasteiger partial charge in [0.05, 0.1) is 11.6 Å². The third kappa shape index (κ3) is 3.87. The van der Waals surface area contributed by atoms with Crippen LogP contribution in [-0.2, 0) is 11.3 Å². The molecule has 1 saturated carbocycles. The van der Waals surface area contributed by atoms with Crippen molar-refractivity contribution in [1.82, 2.24) is 29.9 Å². The summed E-state index contributed by atoms with van der Waals surface area (Å²) in [4.78, 5) is 22.8. The van der Waals surface area contributed by atoms with E-state index in [2.05, 4.69) is 42.8 Å².